The Morgan fingerprint density at radius 2 is 1.11 bits per heavy atom. The number of nitrogens with two attached hydrogens (primary N) is 1. The van der Waals surface area contributed by atoms with Crippen LogP contribution in [0.25, 0.3) is 0 Å². The quantitative estimate of drug-likeness (QED) is 0.0499. The Labute approximate surface area is 443 Å². The first-order chi connectivity index (χ1) is 35.8. The number of benzene rings is 2. The first-order valence-electron chi connectivity index (χ1n) is 25.9. The van der Waals surface area contributed by atoms with Gasteiger partial charge in [0.25, 0.3) is 0 Å². The summed E-state index contributed by atoms with van der Waals surface area (Å²) in [6, 6.07) is 2.64. The molecule has 1 fully saturated rings. The van der Waals surface area contributed by atoms with Crippen LogP contribution in [0.3, 0.4) is 0 Å². The molecule has 1 saturated heterocycles. The zero-order valence-corrected chi connectivity index (χ0v) is 44.7. The van der Waals surface area contributed by atoms with E-state index in [4.69, 9.17) is 5.73 Å². The Bertz CT molecular complexity index is 2320. The van der Waals surface area contributed by atoms with E-state index in [1.54, 1.807) is 27.7 Å². The average Bonchev–Trinajstić information content (AvgIpc) is 3.87. The fourth-order valence-corrected chi connectivity index (χ4v) is 8.56. The molecule has 1 heterocycles. The number of carbonyl (C=O) groups is 10. The van der Waals surface area contributed by atoms with Crippen molar-refractivity contribution in [1.82, 2.24) is 42.1 Å². The summed E-state index contributed by atoms with van der Waals surface area (Å²) in [6.07, 6.45) is 0.513. The van der Waals surface area contributed by atoms with Crippen LogP contribution in [0, 0.1) is 23.7 Å². The molecule has 2 aromatic carbocycles. The van der Waals surface area contributed by atoms with Gasteiger partial charge in [0.1, 0.15) is 54.1 Å². The third-order valence-electron chi connectivity index (χ3n) is 13.4. The Hall–Kier alpha value is -7.14. The molecule has 1 aliphatic rings. The molecule has 0 radical (unpaired) electrons. The first kappa shape index (κ1) is 63.2. The monoisotopic (exact) mass is 1070 g/mol. The van der Waals surface area contributed by atoms with Crippen molar-refractivity contribution < 1.29 is 68.4 Å². The van der Waals surface area contributed by atoms with Crippen LogP contribution < -0.4 is 43.0 Å². The predicted molar refractivity (Wildman–Crippen MR) is 278 cm³/mol. The molecule has 0 saturated carbocycles. The zero-order chi connectivity index (χ0) is 57.0. The van der Waals surface area contributed by atoms with Gasteiger partial charge in [-0.3, -0.25) is 43.2 Å². The number of nitrogens with zero attached hydrogens (tertiary/aromatic N) is 1. The molecule has 0 unspecified atom stereocenters. The van der Waals surface area contributed by atoms with Gasteiger partial charge in [0.15, 0.2) is 0 Å². The van der Waals surface area contributed by atoms with Gasteiger partial charge >= 0.3 is 11.9 Å². The van der Waals surface area contributed by atoms with E-state index in [1.165, 1.54) is 43.0 Å². The fourth-order valence-electron chi connectivity index (χ4n) is 8.56. The molecule has 3 rings (SSSR count). The fraction of sp³-hybridized carbons (Fsp3) is 0.585. The van der Waals surface area contributed by atoms with E-state index >= 15 is 0 Å². The maximum Gasteiger partial charge on any atom is 0.326 e. The Morgan fingerprint density at radius 3 is 1.63 bits per heavy atom. The number of amides is 8. The number of aliphatic carboxylic acids is 2. The minimum absolute atomic E-state index is 0.0509. The second kappa shape index (κ2) is 30.4. The molecule has 0 spiro atoms. The average molecular weight is 1070 g/mol. The van der Waals surface area contributed by atoms with E-state index < -0.39 is 144 Å². The number of aliphatic hydroxyl groups is 1. The Morgan fingerprint density at radius 1 is 0.605 bits per heavy atom. The SMILES string of the molecule is CC[C@H](C)[C@H](NC(=O)[C@H](Cc1ccc(O)cc1)NC(=O)[C@H](CO)NC(=O)[C@@H]1CCCN1C(=O)[C@H](CC(C)C)NC(=O)[C@@H](N)Cc1ccccc1)C(=O)N[C@H](C(=O)N[C@@H](CC(=O)O)C(=O)N[C@H](C(=O)O)C(C)C)[C@@H](C)CC. The molecular weight excluding hydrogens is 987 g/mol. The topological polar surface area (TPSA) is 365 Å². The lowest BCUT2D eigenvalue weighted by Crippen LogP contribution is -2.62. The van der Waals surface area contributed by atoms with Crippen LogP contribution >= 0.6 is 0 Å². The normalized spacial score (nSPS) is 17.3. The third kappa shape index (κ3) is 19.2. The van der Waals surface area contributed by atoms with Crippen LogP contribution in [0.4, 0.5) is 0 Å². The van der Waals surface area contributed by atoms with Crippen LogP contribution in [0.15, 0.2) is 54.6 Å². The van der Waals surface area contributed by atoms with Crippen molar-refractivity contribution in [1.29, 1.82) is 0 Å². The van der Waals surface area contributed by atoms with Gasteiger partial charge in [-0.25, -0.2) is 4.79 Å². The van der Waals surface area contributed by atoms with Crippen LogP contribution in [0.2, 0.25) is 0 Å². The van der Waals surface area contributed by atoms with E-state index in [0.717, 1.165) is 5.56 Å². The number of hydrogen-bond acceptors (Lipinski definition) is 13. The zero-order valence-electron chi connectivity index (χ0n) is 44.7. The number of hydrogen-bond donors (Lipinski definition) is 12. The third-order valence-corrected chi connectivity index (χ3v) is 13.4. The number of carboxylic acid groups (broad SMARTS) is 2. The molecule has 420 valence electrons. The van der Waals surface area contributed by atoms with E-state index in [1.807, 2.05) is 44.2 Å². The van der Waals surface area contributed by atoms with E-state index in [9.17, 15) is 68.4 Å². The Balaban J connectivity index is 1.86. The molecule has 23 heteroatoms. The number of aromatic hydroxyl groups is 1. The van der Waals surface area contributed by atoms with Crippen molar-refractivity contribution >= 4 is 59.2 Å². The molecule has 2 aromatic rings. The highest BCUT2D eigenvalue weighted by Crippen LogP contribution is 2.22. The van der Waals surface area contributed by atoms with Crippen molar-refractivity contribution in [3.8, 4) is 5.75 Å². The first-order valence-corrected chi connectivity index (χ1v) is 25.9. The number of nitrogens with one attached hydrogen (secondary N) is 7. The number of rotatable bonds is 30. The van der Waals surface area contributed by atoms with Gasteiger partial charge in [-0.05, 0) is 72.6 Å². The van der Waals surface area contributed by atoms with Crippen molar-refractivity contribution in [3.05, 3.63) is 65.7 Å². The molecule has 13 N–H and O–H groups in total. The minimum Gasteiger partial charge on any atom is -0.508 e. The van der Waals surface area contributed by atoms with Crippen LogP contribution in [-0.4, -0.2) is 152 Å². The van der Waals surface area contributed by atoms with Gasteiger partial charge < -0.3 is 68.3 Å². The van der Waals surface area contributed by atoms with E-state index in [-0.39, 0.29) is 43.9 Å². The summed E-state index contributed by atoms with van der Waals surface area (Å²) in [6.45, 7) is 12.7. The predicted octanol–water partition coefficient (Wildman–Crippen LogP) is 0.235. The lowest BCUT2D eigenvalue weighted by Gasteiger charge is -2.31. The second-order valence-electron chi connectivity index (χ2n) is 20.3. The number of carboxylic acids is 2. The second-order valence-corrected chi connectivity index (χ2v) is 20.3. The molecule has 76 heavy (non-hydrogen) atoms. The van der Waals surface area contributed by atoms with Crippen molar-refractivity contribution in [2.24, 2.45) is 29.4 Å². The summed E-state index contributed by atoms with van der Waals surface area (Å²) in [4.78, 5) is 136. The van der Waals surface area contributed by atoms with Gasteiger partial charge in [0.05, 0.1) is 19.1 Å². The lowest BCUT2D eigenvalue weighted by molar-refractivity contribution is -0.144. The summed E-state index contributed by atoms with van der Waals surface area (Å²) < 4.78 is 0. The highest BCUT2D eigenvalue weighted by atomic mass is 16.4. The summed E-state index contributed by atoms with van der Waals surface area (Å²) in [5.41, 5.74) is 7.51. The molecule has 23 nitrogen and oxygen atoms in total. The highest BCUT2D eigenvalue weighted by molar-refractivity contribution is 5.99. The number of likely N-dealkylation sites (tertiary alicyclic amines) is 1. The molecule has 0 aliphatic carbocycles. The van der Waals surface area contributed by atoms with Crippen molar-refractivity contribution in [2.75, 3.05) is 13.2 Å². The smallest absolute Gasteiger partial charge is 0.326 e. The van der Waals surface area contributed by atoms with Crippen molar-refractivity contribution in [3.63, 3.8) is 0 Å². The molecular formula is C53H79N9O14. The molecule has 1 aliphatic heterocycles. The van der Waals surface area contributed by atoms with Gasteiger partial charge in [-0.15, -0.1) is 0 Å². The number of phenols is 1. The molecule has 0 aromatic heterocycles. The largest absolute Gasteiger partial charge is 0.508 e. The summed E-state index contributed by atoms with van der Waals surface area (Å²) >= 11 is 0. The van der Waals surface area contributed by atoms with Gasteiger partial charge in [0.2, 0.25) is 47.3 Å². The highest BCUT2D eigenvalue weighted by Gasteiger charge is 2.41. The van der Waals surface area contributed by atoms with Gasteiger partial charge in [0, 0.05) is 13.0 Å². The van der Waals surface area contributed by atoms with E-state index in [0.29, 0.717) is 24.8 Å². The van der Waals surface area contributed by atoms with Gasteiger partial charge in [-0.2, -0.15) is 0 Å². The Kier molecular flexibility index (Phi) is 25.3. The molecule has 8 amide bonds. The minimum atomic E-state index is -1.74. The van der Waals surface area contributed by atoms with E-state index in [2.05, 4.69) is 37.2 Å². The summed E-state index contributed by atoms with van der Waals surface area (Å²) in [5, 5.41) is 57.5. The number of phenolic OH excluding ortho intramolecular Hbond substituents is 1. The molecule has 0 bridgehead atoms. The van der Waals surface area contributed by atoms with Crippen LogP contribution in [0.5, 0.6) is 5.75 Å². The standard InChI is InChI=1S/C53H79N9O14/c1-9-30(7)43(50(72)56-37(26-41(65)66)47(69)59-42(29(5)6)53(75)76)61-51(73)44(31(8)10-2)60-46(68)36(25-33-18-20-34(64)21-19-33)55-48(70)39(27-63)58-49(71)40-17-14-22-62(40)52(74)38(23-28(3)4)57-45(67)35(54)24-32-15-12-11-13-16-32/h11-13,15-16,18-21,28-31,35-40,42-44,63-64H,9-10,14,17,22-27,54H2,1-8H3,(H,55,70)(H,56,72)(H,57,67)(H,58,71)(H,59,69)(H,60,68)(H,61,73)(H,65,66)(H,75,76)/t30-,31-,35-,36-,37-,38-,39-,40-,42-,43-,44-/m0/s1. The maximum atomic E-state index is 14.4. The van der Waals surface area contributed by atoms with Crippen LogP contribution in [0.1, 0.15) is 105 Å². The number of carbonyl (C=O) groups excluding carboxylic acids is 8. The van der Waals surface area contributed by atoms with Crippen molar-refractivity contribution in [2.45, 2.75) is 161 Å². The maximum absolute atomic E-state index is 14.4. The summed E-state index contributed by atoms with van der Waals surface area (Å²) in [5.74, 6) is -11.5. The summed E-state index contributed by atoms with van der Waals surface area (Å²) in [7, 11) is 0. The molecule has 11 atom stereocenters. The van der Waals surface area contributed by atoms with Crippen LogP contribution in [-0.2, 0) is 60.8 Å². The number of aliphatic hydroxyl groups excluding tert-OH is 1. The van der Waals surface area contributed by atoms with Gasteiger partial charge in [-0.1, -0.05) is 111 Å². The lowest BCUT2D eigenvalue weighted by atomic mass is 9.94.